The zero-order chi connectivity index (χ0) is 10.8. The highest BCUT2D eigenvalue weighted by Gasteiger charge is 2.06. The Morgan fingerprint density at radius 3 is 3.00 bits per heavy atom. The third kappa shape index (κ3) is 1.85. The van der Waals surface area contributed by atoms with E-state index in [4.69, 9.17) is 14.3 Å². The maximum Gasteiger partial charge on any atom is 0.308 e. The van der Waals surface area contributed by atoms with Gasteiger partial charge in [0, 0.05) is 23.9 Å². The van der Waals surface area contributed by atoms with Gasteiger partial charge in [-0.3, -0.25) is 4.79 Å². The van der Waals surface area contributed by atoms with Crippen molar-refractivity contribution < 1.29 is 19.1 Å². The molecule has 0 bridgehead atoms. The van der Waals surface area contributed by atoms with E-state index in [1.165, 1.54) is 13.2 Å². The van der Waals surface area contributed by atoms with E-state index in [9.17, 15) is 4.79 Å². The predicted octanol–water partition coefficient (Wildman–Crippen LogP) is 1.85. The predicted molar refractivity (Wildman–Crippen MR) is 53.4 cm³/mol. The first-order chi connectivity index (χ1) is 7.20. The Morgan fingerprint density at radius 2 is 2.33 bits per heavy atom. The molecule has 0 fully saturated rings. The molecular weight excluding hydrogens is 196 g/mol. The number of rotatable bonds is 2. The Hall–Kier alpha value is -1.81. The number of furan rings is 1. The molecule has 0 aliphatic carbocycles. The van der Waals surface area contributed by atoms with Gasteiger partial charge in [0.15, 0.2) is 0 Å². The summed E-state index contributed by atoms with van der Waals surface area (Å²) in [6, 6.07) is 5.04. The van der Waals surface area contributed by atoms with Gasteiger partial charge < -0.3 is 14.3 Å². The molecule has 1 aromatic heterocycles. The van der Waals surface area contributed by atoms with Gasteiger partial charge in [0.05, 0.1) is 12.9 Å². The summed E-state index contributed by atoms with van der Waals surface area (Å²) in [7, 11) is 0. The average molecular weight is 206 g/mol. The normalized spacial score (nSPS) is 10.5. The van der Waals surface area contributed by atoms with Crippen LogP contribution >= 0.6 is 0 Å². The Kier molecular flexibility index (Phi) is 2.43. The van der Waals surface area contributed by atoms with E-state index >= 15 is 0 Å². The molecule has 0 radical (unpaired) electrons. The number of carbonyl (C=O) groups excluding carboxylic acids is 1. The molecule has 2 rings (SSSR count). The van der Waals surface area contributed by atoms with Gasteiger partial charge in [0.2, 0.25) is 0 Å². The SMILES string of the molecule is CC(=O)Oc1ccc2c(CO)coc2c1. The lowest BCUT2D eigenvalue weighted by Gasteiger charge is -2.00. The van der Waals surface area contributed by atoms with Crippen LogP contribution in [0.15, 0.2) is 28.9 Å². The minimum absolute atomic E-state index is 0.0695. The van der Waals surface area contributed by atoms with Crippen molar-refractivity contribution in [3.8, 4) is 5.75 Å². The maximum absolute atomic E-state index is 10.7. The van der Waals surface area contributed by atoms with Crippen LogP contribution in [0.25, 0.3) is 11.0 Å². The van der Waals surface area contributed by atoms with Crippen LogP contribution in [0.5, 0.6) is 5.75 Å². The molecule has 0 spiro atoms. The van der Waals surface area contributed by atoms with Gasteiger partial charge in [0.1, 0.15) is 11.3 Å². The molecule has 0 atom stereocenters. The molecule has 0 saturated heterocycles. The lowest BCUT2D eigenvalue weighted by Crippen LogP contribution is -2.00. The van der Waals surface area contributed by atoms with Crippen LogP contribution < -0.4 is 4.74 Å². The van der Waals surface area contributed by atoms with Crippen LogP contribution in [-0.4, -0.2) is 11.1 Å². The van der Waals surface area contributed by atoms with Crippen molar-refractivity contribution in [2.75, 3.05) is 0 Å². The number of benzene rings is 1. The summed E-state index contributed by atoms with van der Waals surface area (Å²) in [4.78, 5) is 10.7. The molecule has 1 heterocycles. The first-order valence-electron chi connectivity index (χ1n) is 4.50. The Balaban J connectivity index is 2.44. The van der Waals surface area contributed by atoms with Crippen LogP contribution in [0.4, 0.5) is 0 Å². The largest absolute Gasteiger partial charge is 0.464 e. The molecule has 2 aromatic rings. The minimum Gasteiger partial charge on any atom is -0.464 e. The van der Waals surface area contributed by atoms with Crippen molar-refractivity contribution in [3.63, 3.8) is 0 Å². The third-order valence-corrected chi connectivity index (χ3v) is 2.06. The Labute approximate surface area is 86.1 Å². The number of hydrogen-bond acceptors (Lipinski definition) is 4. The van der Waals surface area contributed by atoms with Crippen molar-refractivity contribution in [3.05, 3.63) is 30.0 Å². The highest BCUT2D eigenvalue weighted by atomic mass is 16.5. The van der Waals surface area contributed by atoms with E-state index < -0.39 is 0 Å². The van der Waals surface area contributed by atoms with Gasteiger partial charge in [-0.05, 0) is 12.1 Å². The molecule has 4 nitrogen and oxygen atoms in total. The van der Waals surface area contributed by atoms with E-state index in [1.54, 1.807) is 18.2 Å². The summed E-state index contributed by atoms with van der Waals surface area (Å²) >= 11 is 0. The lowest BCUT2D eigenvalue weighted by atomic mass is 10.2. The number of carbonyl (C=O) groups is 1. The van der Waals surface area contributed by atoms with Crippen molar-refractivity contribution in [1.29, 1.82) is 0 Å². The molecule has 1 aromatic carbocycles. The molecule has 0 aliphatic rings. The fourth-order valence-corrected chi connectivity index (χ4v) is 1.42. The summed E-state index contributed by atoms with van der Waals surface area (Å²) in [5.74, 6) is 0.0668. The van der Waals surface area contributed by atoms with E-state index in [-0.39, 0.29) is 12.6 Å². The van der Waals surface area contributed by atoms with Gasteiger partial charge in [0.25, 0.3) is 0 Å². The fraction of sp³-hybridized carbons (Fsp3) is 0.182. The maximum atomic E-state index is 10.7. The zero-order valence-electron chi connectivity index (χ0n) is 8.19. The number of fused-ring (bicyclic) bond motifs is 1. The summed E-state index contributed by atoms with van der Waals surface area (Å²) in [6.45, 7) is 1.27. The van der Waals surface area contributed by atoms with Gasteiger partial charge in [-0.25, -0.2) is 0 Å². The van der Waals surface area contributed by atoms with Crippen LogP contribution in [-0.2, 0) is 11.4 Å². The zero-order valence-corrected chi connectivity index (χ0v) is 8.19. The van der Waals surface area contributed by atoms with Crippen LogP contribution in [0, 0.1) is 0 Å². The van der Waals surface area contributed by atoms with Gasteiger partial charge in [-0.1, -0.05) is 0 Å². The second kappa shape index (κ2) is 3.74. The topological polar surface area (TPSA) is 59.7 Å². The first-order valence-corrected chi connectivity index (χ1v) is 4.50. The molecule has 15 heavy (non-hydrogen) atoms. The lowest BCUT2D eigenvalue weighted by molar-refractivity contribution is -0.131. The summed E-state index contributed by atoms with van der Waals surface area (Å²) in [5.41, 5.74) is 1.32. The molecule has 78 valence electrons. The summed E-state index contributed by atoms with van der Waals surface area (Å²) < 4.78 is 10.1. The molecular formula is C11H10O4. The van der Waals surface area contributed by atoms with E-state index in [1.807, 2.05) is 0 Å². The second-order valence-electron chi connectivity index (χ2n) is 3.17. The number of ether oxygens (including phenoxy) is 1. The molecule has 0 aliphatic heterocycles. The first kappa shape index (κ1) is 9.73. The average Bonchev–Trinajstić information content (AvgIpc) is 2.58. The highest BCUT2D eigenvalue weighted by molar-refractivity contribution is 5.83. The van der Waals surface area contributed by atoms with Crippen molar-refractivity contribution in [1.82, 2.24) is 0 Å². The van der Waals surface area contributed by atoms with Gasteiger partial charge in [-0.2, -0.15) is 0 Å². The van der Waals surface area contributed by atoms with Gasteiger partial charge in [-0.15, -0.1) is 0 Å². The van der Waals surface area contributed by atoms with Crippen LogP contribution in [0.1, 0.15) is 12.5 Å². The molecule has 0 unspecified atom stereocenters. The molecule has 0 saturated carbocycles. The minimum atomic E-state index is -0.372. The smallest absolute Gasteiger partial charge is 0.308 e. The molecule has 1 N–H and O–H groups in total. The van der Waals surface area contributed by atoms with E-state index in [2.05, 4.69) is 0 Å². The highest BCUT2D eigenvalue weighted by Crippen LogP contribution is 2.25. The van der Waals surface area contributed by atoms with Crippen molar-refractivity contribution in [2.24, 2.45) is 0 Å². The van der Waals surface area contributed by atoms with Crippen molar-refractivity contribution >= 4 is 16.9 Å². The Morgan fingerprint density at radius 1 is 1.53 bits per heavy atom. The van der Waals surface area contributed by atoms with E-state index in [0.29, 0.717) is 11.3 Å². The van der Waals surface area contributed by atoms with E-state index in [0.717, 1.165) is 10.9 Å². The van der Waals surface area contributed by atoms with Gasteiger partial charge >= 0.3 is 5.97 Å². The second-order valence-corrected chi connectivity index (χ2v) is 3.17. The Bertz CT molecular complexity index is 498. The number of esters is 1. The number of hydrogen-bond donors (Lipinski definition) is 1. The number of aliphatic hydroxyl groups excluding tert-OH is 1. The van der Waals surface area contributed by atoms with Crippen LogP contribution in [0.3, 0.4) is 0 Å². The number of aliphatic hydroxyl groups is 1. The summed E-state index contributed by atoms with van der Waals surface area (Å²) in [5, 5.41) is 9.82. The standard InChI is InChI=1S/C11H10O4/c1-7(13)15-9-2-3-10-8(5-12)6-14-11(10)4-9/h2-4,6,12H,5H2,1H3. The monoisotopic (exact) mass is 206 g/mol. The summed E-state index contributed by atoms with van der Waals surface area (Å²) in [6.07, 6.45) is 1.49. The quantitative estimate of drug-likeness (QED) is 0.601. The third-order valence-electron chi connectivity index (χ3n) is 2.06. The van der Waals surface area contributed by atoms with Crippen molar-refractivity contribution in [2.45, 2.75) is 13.5 Å². The van der Waals surface area contributed by atoms with Crippen LogP contribution in [0.2, 0.25) is 0 Å². The molecule has 0 amide bonds. The fourth-order valence-electron chi connectivity index (χ4n) is 1.42. The molecule has 4 heteroatoms.